The summed E-state index contributed by atoms with van der Waals surface area (Å²) in [5, 5.41) is 11.8. The first-order chi connectivity index (χ1) is 5.75. The zero-order valence-electron chi connectivity index (χ0n) is 7.42. The summed E-state index contributed by atoms with van der Waals surface area (Å²) in [6.07, 6.45) is 0.925. The molecule has 2 N–H and O–H groups in total. The molecule has 1 rings (SSSR count). The molecular formula is C8H16N2O2. The van der Waals surface area contributed by atoms with Crippen molar-refractivity contribution in [3.8, 4) is 0 Å². The smallest absolute Gasteiger partial charge is 0.226 e. The van der Waals surface area contributed by atoms with Crippen LogP contribution in [0.5, 0.6) is 0 Å². The van der Waals surface area contributed by atoms with Crippen LogP contribution >= 0.6 is 0 Å². The van der Waals surface area contributed by atoms with Crippen LogP contribution in [0, 0.1) is 5.92 Å². The van der Waals surface area contributed by atoms with Gasteiger partial charge in [0, 0.05) is 20.1 Å². The third kappa shape index (κ3) is 2.19. The molecule has 0 bridgehead atoms. The van der Waals surface area contributed by atoms with Gasteiger partial charge in [0.2, 0.25) is 5.91 Å². The molecule has 1 fully saturated rings. The van der Waals surface area contributed by atoms with Crippen LogP contribution in [0.25, 0.3) is 0 Å². The first kappa shape index (κ1) is 9.48. The highest BCUT2D eigenvalue weighted by molar-refractivity contribution is 5.79. The highest BCUT2D eigenvalue weighted by Crippen LogP contribution is 2.09. The molecule has 1 aliphatic rings. The molecule has 4 heteroatoms. The van der Waals surface area contributed by atoms with Gasteiger partial charge in [-0.1, -0.05) is 0 Å². The number of carbonyl (C=O) groups excluding carboxylic acids is 1. The zero-order valence-corrected chi connectivity index (χ0v) is 7.42. The fourth-order valence-corrected chi connectivity index (χ4v) is 1.44. The van der Waals surface area contributed by atoms with Crippen molar-refractivity contribution in [1.82, 2.24) is 10.2 Å². The van der Waals surface area contributed by atoms with Crippen LogP contribution in [0.3, 0.4) is 0 Å². The number of nitrogens with zero attached hydrogens (tertiary/aromatic N) is 1. The molecule has 0 aliphatic carbocycles. The number of hydrogen-bond donors (Lipinski definition) is 2. The van der Waals surface area contributed by atoms with Gasteiger partial charge in [0.25, 0.3) is 0 Å². The Kier molecular flexibility index (Phi) is 3.49. The molecule has 0 spiro atoms. The van der Waals surface area contributed by atoms with Gasteiger partial charge >= 0.3 is 0 Å². The average Bonchev–Trinajstić information content (AvgIpc) is 2.55. The summed E-state index contributed by atoms with van der Waals surface area (Å²) in [6, 6.07) is 0. The number of rotatable bonds is 3. The van der Waals surface area contributed by atoms with Gasteiger partial charge in [-0.3, -0.25) is 4.79 Å². The first-order valence-corrected chi connectivity index (χ1v) is 4.32. The maximum absolute atomic E-state index is 11.5. The number of aliphatic hydroxyl groups excluding tert-OH is 1. The second kappa shape index (κ2) is 4.42. The second-order valence-corrected chi connectivity index (χ2v) is 3.17. The van der Waals surface area contributed by atoms with E-state index in [-0.39, 0.29) is 18.4 Å². The summed E-state index contributed by atoms with van der Waals surface area (Å²) in [7, 11) is 1.73. The SMILES string of the molecule is CN(CCO)C(=O)[C@@H]1CCNC1. The van der Waals surface area contributed by atoms with Crippen LogP contribution in [-0.2, 0) is 4.79 Å². The number of hydrogen-bond acceptors (Lipinski definition) is 3. The Balaban J connectivity index is 2.34. The predicted octanol–water partition coefficient (Wildman–Crippen LogP) is -0.953. The number of likely N-dealkylation sites (N-methyl/N-ethyl adjacent to an activating group) is 1. The molecule has 0 saturated carbocycles. The van der Waals surface area contributed by atoms with E-state index in [9.17, 15) is 4.79 Å². The van der Waals surface area contributed by atoms with E-state index in [0.717, 1.165) is 19.5 Å². The van der Waals surface area contributed by atoms with Crippen molar-refractivity contribution in [2.24, 2.45) is 5.92 Å². The molecule has 1 aliphatic heterocycles. The van der Waals surface area contributed by atoms with E-state index in [1.165, 1.54) is 0 Å². The normalized spacial score (nSPS) is 22.7. The third-order valence-corrected chi connectivity index (χ3v) is 2.22. The molecule has 0 aromatic carbocycles. The van der Waals surface area contributed by atoms with Gasteiger partial charge in [0.15, 0.2) is 0 Å². The van der Waals surface area contributed by atoms with Crippen molar-refractivity contribution in [2.45, 2.75) is 6.42 Å². The van der Waals surface area contributed by atoms with Crippen molar-refractivity contribution in [2.75, 3.05) is 33.3 Å². The molecule has 1 atom stereocenters. The lowest BCUT2D eigenvalue weighted by Gasteiger charge is -2.19. The van der Waals surface area contributed by atoms with Crippen LogP contribution in [0.15, 0.2) is 0 Å². The van der Waals surface area contributed by atoms with E-state index in [2.05, 4.69) is 5.32 Å². The Morgan fingerprint density at radius 3 is 3.00 bits per heavy atom. The van der Waals surface area contributed by atoms with Crippen molar-refractivity contribution in [1.29, 1.82) is 0 Å². The van der Waals surface area contributed by atoms with E-state index in [1.807, 2.05) is 0 Å². The Hall–Kier alpha value is -0.610. The third-order valence-electron chi connectivity index (χ3n) is 2.22. The quantitative estimate of drug-likeness (QED) is 0.577. The summed E-state index contributed by atoms with van der Waals surface area (Å²) >= 11 is 0. The minimum absolute atomic E-state index is 0.0440. The van der Waals surface area contributed by atoms with Gasteiger partial charge in [-0.2, -0.15) is 0 Å². The highest BCUT2D eigenvalue weighted by atomic mass is 16.3. The number of amides is 1. The lowest BCUT2D eigenvalue weighted by atomic mass is 10.1. The second-order valence-electron chi connectivity index (χ2n) is 3.17. The largest absolute Gasteiger partial charge is 0.395 e. The Morgan fingerprint density at radius 1 is 1.75 bits per heavy atom. The lowest BCUT2D eigenvalue weighted by molar-refractivity contribution is -0.134. The molecule has 1 amide bonds. The van der Waals surface area contributed by atoms with Gasteiger partial charge in [0.05, 0.1) is 12.5 Å². The van der Waals surface area contributed by atoms with Crippen LogP contribution < -0.4 is 5.32 Å². The van der Waals surface area contributed by atoms with Crippen molar-refractivity contribution in [3.63, 3.8) is 0 Å². The van der Waals surface area contributed by atoms with Gasteiger partial charge < -0.3 is 15.3 Å². The topological polar surface area (TPSA) is 52.6 Å². The zero-order chi connectivity index (χ0) is 8.97. The molecule has 0 radical (unpaired) electrons. The minimum atomic E-state index is 0.0440. The molecule has 1 saturated heterocycles. The average molecular weight is 172 g/mol. The van der Waals surface area contributed by atoms with Crippen LogP contribution in [0.4, 0.5) is 0 Å². The monoisotopic (exact) mass is 172 g/mol. The van der Waals surface area contributed by atoms with Crippen molar-refractivity contribution < 1.29 is 9.90 Å². The maximum atomic E-state index is 11.5. The van der Waals surface area contributed by atoms with E-state index in [0.29, 0.717) is 6.54 Å². The van der Waals surface area contributed by atoms with Gasteiger partial charge in [-0.15, -0.1) is 0 Å². The number of carbonyl (C=O) groups is 1. The Morgan fingerprint density at radius 2 is 2.50 bits per heavy atom. The molecule has 0 aromatic rings. The molecule has 1 heterocycles. The number of aliphatic hydroxyl groups is 1. The molecule has 12 heavy (non-hydrogen) atoms. The first-order valence-electron chi connectivity index (χ1n) is 4.32. The van der Waals surface area contributed by atoms with Crippen molar-refractivity contribution in [3.05, 3.63) is 0 Å². The molecule has 0 aromatic heterocycles. The fraction of sp³-hybridized carbons (Fsp3) is 0.875. The van der Waals surface area contributed by atoms with E-state index < -0.39 is 0 Å². The van der Waals surface area contributed by atoms with Gasteiger partial charge in [-0.05, 0) is 13.0 Å². The summed E-state index contributed by atoms with van der Waals surface area (Å²) < 4.78 is 0. The van der Waals surface area contributed by atoms with Gasteiger partial charge in [-0.25, -0.2) is 0 Å². The fourth-order valence-electron chi connectivity index (χ4n) is 1.44. The molecule has 0 unspecified atom stereocenters. The summed E-state index contributed by atoms with van der Waals surface area (Å²) in [5.41, 5.74) is 0. The molecular weight excluding hydrogens is 156 g/mol. The number of nitrogens with one attached hydrogen (secondary N) is 1. The van der Waals surface area contributed by atoms with E-state index in [4.69, 9.17) is 5.11 Å². The Labute approximate surface area is 72.6 Å². The highest BCUT2D eigenvalue weighted by Gasteiger charge is 2.24. The van der Waals surface area contributed by atoms with Crippen LogP contribution in [0.1, 0.15) is 6.42 Å². The van der Waals surface area contributed by atoms with Crippen LogP contribution in [0.2, 0.25) is 0 Å². The van der Waals surface area contributed by atoms with Gasteiger partial charge in [0.1, 0.15) is 0 Å². The Bertz CT molecular complexity index is 155. The minimum Gasteiger partial charge on any atom is -0.395 e. The van der Waals surface area contributed by atoms with Crippen molar-refractivity contribution >= 4 is 5.91 Å². The van der Waals surface area contributed by atoms with Crippen LogP contribution in [-0.4, -0.2) is 49.2 Å². The molecule has 70 valence electrons. The molecule has 4 nitrogen and oxygen atoms in total. The summed E-state index contributed by atoms with van der Waals surface area (Å²) in [6.45, 7) is 2.20. The maximum Gasteiger partial charge on any atom is 0.226 e. The standard InChI is InChI=1S/C8H16N2O2/c1-10(4-5-11)8(12)7-2-3-9-6-7/h7,9,11H,2-6H2,1H3/t7-/m1/s1. The van der Waals surface area contributed by atoms with E-state index >= 15 is 0 Å². The lowest BCUT2D eigenvalue weighted by Crippen LogP contribution is -2.35. The van der Waals surface area contributed by atoms with E-state index in [1.54, 1.807) is 11.9 Å². The summed E-state index contributed by atoms with van der Waals surface area (Å²) in [4.78, 5) is 13.1. The summed E-state index contributed by atoms with van der Waals surface area (Å²) in [5.74, 6) is 0.274. The predicted molar refractivity (Wildman–Crippen MR) is 45.7 cm³/mol.